The van der Waals surface area contributed by atoms with E-state index in [1.807, 2.05) is 26.0 Å². The lowest BCUT2D eigenvalue weighted by atomic mass is 10.2. The molecule has 0 aliphatic carbocycles. The van der Waals surface area contributed by atoms with Crippen LogP contribution in [-0.2, 0) is 16.6 Å². The fraction of sp³-hybridized carbons (Fsp3) is 0.455. The Morgan fingerprint density at radius 2 is 1.94 bits per heavy atom. The Balaban J connectivity index is 2.88. The molecule has 3 N–H and O–H groups in total. The number of hydrogen-bond donors (Lipinski definition) is 2. The molecule has 0 fully saturated rings. The van der Waals surface area contributed by atoms with E-state index in [0.717, 1.165) is 5.56 Å². The molecule has 1 rings (SSSR count). The number of benzene rings is 1. The highest BCUT2D eigenvalue weighted by molar-refractivity contribution is 7.92. The Morgan fingerprint density at radius 3 is 2.50 bits per heavy atom. The average molecular weight is 242 g/mol. The molecule has 0 unspecified atom stereocenters. The summed E-state index contributed by atoms with van der Waals surface area (Å²) in [6.07, 6.45) is 0. The zero-order chi connectivity index (χ0) is 12.2. The zero-order valence-corrected chi connectivity index (χ0v) is 10.4. The Kier molecular flexibility index (Phi) is 4.32. The summed E-state index contributed by atoms with van der Waals surface area (Å²) in [6.45, 7) is 4.06. The first-order valence-corrected chi connectivity index (χ1v) is 6.88. The van der Waals surface area contributed by atoms with Gasteiger partial charge in [0.2, 0.25) is 10.0 Å². The van der Waals surface area contributed by atoms with Crippen molar-refractivity contribution in [1.29, 1.82) is 0 Å². The van der Waals surface area contributed by atoms with E-state index in [2.05, 4.69) is 4.72 Å². The van der Waals surface area contributed by atoms with Crippen molar-refractivity contribution in [3.63, 3.8) is 0 Å². The Labute approximate surface area is 96.9 Å². The van der Waals surface area contributed by atoms with Crippen molar-refractivity contribution in [2.45, 2.75) is 20.4 Å². The maximum absolute atomic E-state index is 11.7. The molecule has 0 saturated heterocycles. The van der Waals surface area contributed by atoms with Crippen LogP contribution in [0.4, 0.5) is 5.69 Å². The SMILES string of the molecule is CC(C)CS(=O)(=O)Nc1ccccc1CN. The second-order valence-corrected chi connectivity index (χ2v) is 5.91. The highest BCUT2D eigenvalue weighted by Crippen LogP contribution is 2.16. The van der Waals surface area contributed by atoms with Crippen LogP contribution in [0, 0.1) is 5.92 Å². The smallest absolute Gasteiger partial charge is 0.232 e. The molecule has 0 saturated carbocycles. The molecule has 90 valence electrons. The first-order chi connectivity index (χ1) is 7.44. The van der Waals surface area contributed by atoms with Gasteiger partial charge in [-0.3, -0.25) is 4.72 Å². The van der Waals surface area contributed by atoms with Crippen LogP contribution in [0.25, 0.3) is 0 Å². The van der Waals surface area contributed by atoms with Crippen LogP contribution >= 0.6 is 0 Å². The van der Waals surface area contributed by atoms with Gasteiger partial charge in [0.25, 0.3) is 0 Å². The fourth-order valence-electron chi connectivity index (χ4n) is 1.45. The Bertz CT molecular complexity index is 441. The van der Waals surface area contributed by atoms with Gasteiger partial charge in [-0.1, -0.05) is 32.0 Å². The summed E-state index contributed by atoms with van der Waals surface area (Å²) in [6, 6.07) is 7.15. The fourth-order valence-corrected chi connectivity index (χ4v) is 2.94. The van der Waals surface area contributed by atoms with Crippen LogP contribution in [0.2, 0.25) is 0 Å². The van der Waals surface area contributed by atoms with Crippen LogP contribution in [-0.4, -0.2) is 14.2 Å². The molecular weight excluding hydrogens is 224 g/mol. The maximum Gasteiger partial charge on any atom is 0.232 e. The van der Waals surface area contributed by atoms with Crippen molar-refractivity contribution in [1.82, 2.24) is 0 Å². The maximum atomic E-state index is 11.7. The number of hydrogen-bond acceptors (Lipinski definition) is 3. The average Bonchev–Trinajstić information content (AvgIpc) is 2.15. The first-order valence-electron chi connectivity index (χ1n) is 5.23. The molecule has 0 spiro atoms. The van der Waals surface area contributed by atoms with E-state index >= 15 is 0 Å². The lowest BCUT2D eigenvalue weighted by Gasteiger charge is -2.12. The quantitative estimate of drug-likeness (QED) is 0.822. The Hall–Kier alpha value is -1.07. The van der Waals surface area contributed by atoms with Crippen molar-refractivity contribution in [3.05, 3.63) is 29.8 Å². The van der Waals surface area contributed by atoms with E-state index in [1.165, 1.54) is 0 Å². The van der Waals surface area contributed by atoms with Crippen molar-refractivity contribution in [2.75, 3.05) is 10.5 Å². The summed E-state index contributed by atoms with van der Waals surface area (Å²) >= 11 is 0. The van der Waals surface area contributed by atoms with Crippen molar-refractivity contribution in [3.8, 4) is 0 Å². The van der Waals surface area contributed by atoms with Crippen LogP contribution in [0.1, 0.15) is 19.4 Å². The van der Waals surface area contributed by atoms with Gasteiger partial charge in [-0.05, 0) is 17.5 Å². The predicted octanol–water partition coefficient (Wildman–Crippen LogP) is 1.54. The number of sulfonamides is 1. The van der Waals surface area contributed by atoms with Crippen molar-refractivity contribution >= 4 is 15.7 Å². The zero-order valence-electron chi connectivity index (χ0n) is 9.60. The predicted molar refractivity (Wildman–Crippen MR) is 66.6 cm³/mol. The van der Waals surface area contributed by atoms with Gasteiger partial charge in [0.05, 0.1) is 11.4 Å². The molecule has 0 radical (unpaired) electrons. The minimum absolute atomic E-state index is 0.0996. The molecule has 4 nitrogen and oxygen atoms in total. The lowest BCUT2D eigenvalue weighted by Crippen LogP contribution is -2.21. The molecule has 0 aliphatic rings. The molecule has 0 amide bonds. The molecule has 5 heteroatoms. The summed E-state index contributed by atoms with van der Waals surface area (Å²) in [5.74, 6) is 0.217. The summed E-state index contributed by atoms with van der Waals surface area (Å²) in [4.78, 5) is 0. The topological polar surface area (TPSA) is 72.2 Å². The molecule has 0 heterocycles. The van der Waals surface area contributed by atoms with Crippen LogP contribution in [0.5, 0.6) is 0 Å². The highest BCUT2D eigenvalue weighted by atomic mass is 32.2. The minimum atomic E-state index is -3.27. The minimum Gasteiger partial charge on any atom is -0.326 e. The first kappa shape index (κ1) is 13.0. The number of anilines is 1. The van der Waals surface area contributed by atoms with E-state index in [0.29, 0.717) is 12.2 Å². The largest absolute Gasteiger partial charge is 0.326 e. The number of para-hydroxylation sites is 1. The molecule has 0 aromatic heterocycles. The van der Waals surface area contributed by atoms with Gasteiger partial charge in [-0.15, -0.1) is 0 Å². The number of nitrogens with one attached hydrogen (secondary N) is 1. The lowest BCUT2D eigenvalue weighted by molar-refractivity contribution is 0.587. The summed E-state index contributed by atoms with van der Waals surface area (Å²) < 4.78 is 26.0. The van der Waals surface area contributed by atoms with E-state index in [9.17, 15) is 8.42 Å². The highest BCUT2D eigenvalue weighted by Gasteiger charge is 2.13. The van der Waals surface area contributed by atoms with Crippen molar-refractivity contribution in [2.24, 2.45) is 11.7 Å². The van der Waals surface area contributed by atoms with Crippen LogP contribution in [0.3, 0.4) is 0 Å². The van der Waals surface area contributed by atoms with Crippen LogP contribution in [0.15, 0.2) is 24.3 Å². The van der Waals surface area contributed by atoms with Gasteiger partial charge in [0.1, 0.15) is 0 Å². The summed E-state index contributed by atoms with van der Waals surface area (Å²) in [5, 5.41) is 0. The van der Waals surface area contributed by atoms with E-state index in [-0.39, 0.29) is 11.7 Å². The Morgan fingerprint density at radius 1 is 1.31 bits per heavy atom. The standard InChI is InChI=1S/C11H18N2O2S/c1-9(2)8-16(14,15)13-11-6-4-3-5-10(11)7-12/h3-6,9,13H,7-8,12H2,1-2H3. The van der Waals surface area contributed by atoms with Gasteiger partial charge >= 0.3 is 0 Å². The summed E-state index contributed by atoms with van der Waals surface area (Å²) in [7, 11) is -3.27. The summed E-state index contributed by atoms with van der Waals surface area (Å²) in [5.41, 5.74) is 6.91. The molecule has 0 bridgehead atoms. The number of nitrogens with two attached hydrogens (primary N) is 1. The van der Waals surface area contributed by atoms with Crippen LogP contribution < -0.4 is 10.5 Å². The molecule has 0 aliphatic heterocycles. The second kappa shape index (κ2) is 5.32. The van der Waals surface area contributed by atoms with Crippen molar-refractivity contribution < 1.29 is 8.42 Å². The van der Waals surface area contributed by atoms with Gasteiger partial charge < -0.3 is 5.73 Å². The molecule has 0 atom stereocenters. The van der Waals surface area contributed by atoms with Gasteiger partial charge in [0.15, 0.2) is 0 Å². The van der Waals surface area contributed by atoms with Gasteiger partial charge in [-0.2, -0.15) is 0 Å². The second-order valence-electron chi connectivity index (χ2n) is 4.14. The van der Waals surface area contributed by atoms with Gasteiger partial charge in [0, 0.05) is 6.54 Å². The molecular formula is C11H18N2O2S. The third kappa shape index (κ3) is 3.83. The van der Waals surface area contributed by atoms with E-state index in [1.54, 1.807) is 12.1 Å². The third-order valence-electron chi connectivity index (χ3n) is 2.06. The van der Waals surface area contributed by atoms with E-state index < -0.39 is 10.0 Å². The van der Waals surface area contributed by atoms with E-state index in [4.69, 9.17) is 5.73 Å². The van der Waals surface area contributed by atoms with Gasteiger partial charge in [-0.25, -0.2) is 8.42 Å². The molecule has 1 aromatic carbocycles. The molecule has 16 heavy (non-hydrogen) atoms. The molecule has 1 aromatic rings. The normalized spacial score (nSPS) is 11.8. The third-order valence-corrected chi connectivity index (χ3v) is 3.69. The number of rotatable bonds is 5. The monoisotopic (exact) mass is 242 g/mol.